The summed E-state index contributed by atoms with van der Waals surface area (Å²) in [5.41, 5.74) is 1.91. The second-order valence-electron chi connectivity index (χ2n) is 7.02. The Morgan fingerprint density at radius 1 is 1.03 bits per heavy atom. The highest BCUT2D eigenvalue weighted by molar-refractivity contribution is 7.89. The van der Waals surface area contributed by atoms with E-state index in [2.05, 4.69) is 10.3 Å². The third-order valence-electron chi connectivity index (χ3n) is 4.50. The summed E-state index contributed by atoms with van der Waals surface area (Å²) in [6, 6.07) is 17.4. The molecule has 2 aromatic carbocycles. The van der Waals surface area contributed by atoms with Crippen molar-refractivity contribution in [1.82, 2.24) is 9.29 Å². The molecule has 1 amide bonds. The lowest BCUT2D eigenvalue weighted by atomic mass is 10.1. The lowest BCUT2D eigenvalue weighted by Crippen LogP contribution is -2.23. The zero-order valence-electron chi connectivity index (χ0n) is 17.2. The maximum Gasteiger partial charge on any atom is 0.306 e. The summed E-state index contributed by atoms with van der Waals surface area (Å²) < 4.78 is 30.5. The topological polar surface area (TPSA) is 106 Å². The number of rotatable bonds is 8. The number of ether oxygens (including phenoxy) is 1. The minimum Gasteiger partial charge on any atom is -0.456 e. The molecular weight excluding hydrogens is 418 g/mol. The predicted molar refractivity (Wildman–Crippen MR) is 117 cm³/mol. The van der Waals surface area contributed by atoms with Crippen LogP contribution in [0.2, 0.25) is 0 Å². The van der Waals surface area contributed by atoms with E-state index in [1.807, 2.05) is 36.4 Å². The Hall–Kier alpha value is -3.30. The number of para-hydroxylation sites is 1. The van der Waals surface area contributed by atoms with Crippen LogP contribution in [-0.2, 0) is 30.8 Å². The lowest BCUT2D eigenvalue weighted by Gasteiger charge is -2.12. The number of hydrogen-bond donors (Lipinski definition) is 1. The van der Waals surface area contributed by atoms with Gasteiger partial charge in [-0.25, -0.2) is 12.7 Å². The van der Waals surface area contributed by atoms with Crippen LogP contribution >= 0.6 is 0 Å². The number of pyridine rings is 1. The number of benzene rings is 2. The van der Waals surface area contributed by atoms with Crippen LogP contribution in [-0.4, -0.2) is 50.3 Å². The van der Waals surface area contributed by atoms with Gasteiger partial charge in [0.25, 0.3) is 5.91 Å². The van der Waals surface area contributed by atoms with E-state index in [0.717, 1.165) is 20.9 Å². The molecule has 3 rings (SSSR count). The maximum atomic E-state index is 12.2. The molecule has 8 nitrogen and oxygen atoms in total. The Morgan fingerprint density at radius 2 is 1.81 bits per heavy atom. The molecular formula is C22H23N3O5S. The summed E-state index contributed by atoms with van der Waals surface area (Å²) in [6.45, 7) is -0.464. The molecule has 0 bridgehead atoms. The first-order valence-corrected chi connectivity index (χ1v) is 11.0. The van der Waals surface area contributed by atoms with Crippen LogP contribution in [0, 0.1) is 0 Å². The number of carbonyl (C=O) groups excluding carboxylic acids is 2. The minimum absolute atomic E-state index is 0.0511. The molecule has 0 spiro atoms. The van der Waals surface area contributed by atoms with Crippen LogP contribution < -0.4 is 5.32 Å². The fourth-order valence-electron chi connectivity index (χ4n) is 2.84. The predicted octanol–water partition coefficient (Wildman–Crippen LogP) is 2.60. The fraction of sp³-hybridized carbons (Fsp3) is 0.227. The van der Waals surface area contributed by atoms with Gasteiger partial charge in [-0.3, -0.25) is 14.6 Å². The largest absolute Gasteiger partial charge is 0.456 e. The summed E-state index contributed by atoms with van der Waals surface area (Å²) in [5.74, 6) is -1.08. The first kappa shape index (κ1) is 22.4. The Balaban J connectivity index is 1.49. The van der Waals surface area contributed by atoms with Crippen LogP contribution in [0.1, 0.15) is 12.1 Å². The molecule has 0 unspecified atom stereocenters. The molecule has 0 aliphatic heterocycles. The van der Waals surface area contributed by atoms with Crippen LogP contribution in [0.15, 0.2) is 65.6 Å². The second kappa shape index (κ2) is 9.67. The van der Waals surface area contributed by atoms with Gasteiger partial charge >= 0.3 is 5.97 Å². The third kappa shape index (κ3) is 5.87. The average Bonchev–Trinajstić information content (AvgIpc) is 2.76. The summed E-state index contributed by atoms with van der Waals surface area (Å²) in [5, 5.41) is 3.55. The van der Waals surface area contributed by atoms with E-state index < -0.39 is 28.5 Å². The minimum atomic E-state index is -3.62. The normalized spacial score (nSPS) is 11.5. The standard InChI is InChI=1S/C22H23N3O5S/c1-25(2)31(28,29)19-8-5-7-18(14-19)24-21(26)15-30-22(27)13-12-17-11-10-16-6-3-4-9-20(16)23-17/h3-11,14H,12-13,15H2,1-2H3,(H,24,26). The fourth-order valence-corrected chi connectivity index (χ4v) is 3.79. The zero-order chi connectivity index (χ0) is 22.4. The van der Waals surface area contributed by atoms with E-state index >= 15 is 0 Å². The number of fused-ring (bicyclic) bond motifs is 1. The number of amides is 1. The molecule has 0 fully saturated rings. The molecule has 9 heteroatoms. The van der Waals surface area contributed by atoms with Gasteiger partial charge in [0.05, 0.1) is 16.8 Å². The van der Waals surface area contributed by atoms with E-state index in [9.17, 15) is 18.0 Å². The molecule has 0 aliphatic carbocycles. The van der Waals surface area contributed by atoms with Gasteiger partial charge in [0.2, 0.25) is 10.0 Å². The third-order valence-corrected chi connectivity index (χ3v) is 6.31. The number of anilines is 1. The lowest BCUT2D eigenvalue weighted by molar-refractivity contribution is -0.147. The van der Waals surface area contributed by atoms with Gasteiger partial charge in [0.1, 0.15) is 0 Å². The number of nitrogens with zero attached hydrogens (tertiary/aromatic N) is 2. The number of nitrogens with one attached hydrogen (secondary N) is 1. The van der Waals surface area contributed by atoms with Gasteiger partial charge in [-0.2, -0.15) is 0 Å². The van der Waals surface area contributed by atoms with E-state index in [1.165, 1.54) is 32.3 Å². The Bertz CT molecular complexity index is 1210. The maximum absolute atomic E-state index is 12.2. The average molecular weight is 442 g/mol. The van der Waals surface area contributed by atoms with Gasteiger partial charge in [0.15, 0.2) is 6.61 Å². The van der Waals surface area contributed by atoms with Crippen molar-refractivity contribution in [3.8, 4) is 0 Å². The molecule has 0 aliphatic rings. The zero-order valence-corrected chi connectivity index (χ0v) is 18.1. The van der Waals surface area contributed by atoms with Gasteiger partial charge in [-0.05, 0) is 30.3 Å². The molecule has 0 saturated heterocycles. The number of carbonyl (C=O) groups is 2. The van der Waals surface area contributed by atoms with Crippen molar-refractivity contribution < 1.29 is 22.7 Å². The second-order valence-corrected chi connectivity index (χ2v) is 9.17. The molecule has 1 N–H and O–H groups in total. The molecule has 3 aromatic rings. The van der Waals surface area contributed by atoms with Crippen LogP contribution in [0.25, 0.3) is 10.9 Å². The van der Waals surface area contributed by atoms with Crippen molar-refractivity contribution in [3.63, 3.8) is 0 Å². The van der Waals surface area contributed by atoms with Crippen molar-refractivity contribution in [2.75, 3.05) is 26.0 Å². The molecule has 162 valence electrons. The molecule has 31 heavy (non-hydrogen) atoms. The molecule has 1 heterocycles. The van der Waals surface area contributed by atoms with Crippen molar-refractivity contribution >= 4 is 38.5 Å². The Labute approximate surface area is 180 Å². The van der Waals surface area contributed by atoms with Gasteiger partial charge < -0.3 is 10.1 Å². The van der Waals surface area contributed by atoms with Gasteiger partial charge in [-0.1, -0.05) is 30.3 Å². The summed E-state index contributed by atoms with van der Waals surface area (Å²) in [4.78, 5) is 28.6. The number of esters is 1. The number of hydrogen-bond acceptors (Lipinski definition) is 6. The van der Waals surface area contributed by atoms with Crippen molar-refractivity contribution in [1.29, 1.82) is 0 Å². The molecule has 1 aromatic heterocycles. The highest BCUT2D eigenvalue weighted by Gasteiger charge is 2.18. The highest BCUT2D eigenvalue weighted by Crippen LogP contribution is 2.18. The highest BCUT2D eigenvalue weighted by atomic mass is 32.2. The van der Waals surface area contributed by atoms with Gasteiger partial charge in [-0.15, -0.1) is 0 Å². The molecule has 0 saturated carbocycles. The quantitative estimate of drug-likeness (QED) is 0.539. The van der Waals surface area contributed by atoms with Crippen LogP contribution in [0.4, 0.5) is 5.69 Å². The number of aromatic nitrogens is 1. The van der Waals surface area contributed by atoms with E-state index in [0.29, 0.717) is 12.1 Å². The van der Waals surface area contributed by atoms with E-state index in [4.69, 9.17) is 4.74 Å². The molecule has 0 radical (unpaired) electrons. The van der Waals surface area contributed by atoms with E-state index in [-0.39, 0.29) is 11.3 Å². The number of sulfonamides is 1. The summed E-state index contributed by atoms with van der Waals surface area (Å²) in [6.07, 6.45) is 0.491. The summed E-state index contributed by atoms with van der Waals surface area (Å²) >= 11 is 0. The Kier molecular flexibility index (Phi) is 6.98. The smallest absolute Gasteiger partial charge is 0.306 e. The SMILES string of the molecule is CN(C)S(=O)(=O)c1cccc(NC(=O)COC(=O)CCc2ccc3ccccc3n2)c1. The first-order chi connectivity index (χ1) is 14.8. The van der Waals surface area contributed by atoms with Crippen molar-refractivity contribution in [2.45, 2.75) is 17.7 Å². The number of aryl methyl sites for hydroxylation is 1. The van der Waals surface area contributed by atoms with Crippen LogP contribution in [0.3, 0.4) is 0 Å². The summed E-state index contributed by atoms with van der Waals surface area (Å²) in [7, 11) is -0.770. The first-order valence-electron chi connectivity index (χ1n) is 9.58. The van der Waals surface area contributed by atoms with E-state index in [1.54, 1.807) is 6.07 Å². The molecule has 0 atom stereocenters. The van der Waals surface area contributed by atoms with Crippen molar-refractivity contribution in [2.24, 2.45) is 0 Å². The van der Waals surface area contributed by atoms with Crippen LogP contribution in [0.5, 0.6) is 0 Å². The van der Waals surface area contributed by atoms with Crippen molar-refractivity contribution in [3.05, 3.63) is 66.4 Å². The monoisotopic (exact) mass is 441 g/mol. The van der Waals surface area contributed by atoms with Gasteiger partial charge in [0, 0.05) is 37.3 Å². The Morgan fingerprint density at radius 3 is 2.58 bits per heavy atom.